The van der Waals surface area contributed by atoms with Crippen molar-refractivity contribution in [1.82, 2.24) is 10.2 Å². The van der Waals surface area contributed by atoms with E-state index in [2.05, 4.69) is 16.3 Å². The number of likely N-dealkylation sites (N-methyl/N-ethyl adjacent to an activating group) is 1. The van der Waals surface area contributed by atoms with Crippen molar-refractivity contribution in [2.24, 2.45) is 0 Å². The van der Waals surface area contributed by atoms with Crippen LogP contribution in [0.2, 0.25) is 0 Å². The number of ether oxygens (including phenoxy) is 1. The molecule has 1 aromatic rings. The lowest BCUT2D eigenvalue weighted by Crippen LogP contribution is -2.53. The summed E-state index contributed by atoms with van der Waals surface area (Å²) in [5.41, 5.74) is 0.342. The van der Waals surface area contributed by atoms with Gasteiger partial charge in [0, 0.05) is 23.7 Å². The van der Waals surface area contributed by atoms with Crippen LogP contribution in [0.15, 0.2) is 29.2 Å². The summed E-state index contributed by atoms with van der Waals surface area (Å²) in [6.07, 6.45) is 0.759. The van der Waals surface area contributed by atoms with Crippen LogP contribution < -0.4 is 5.32 Å². The largest absolute Gasteiger partial charge is 0.467 e. The molecule has 1 aromatic carbocycles. The van der Waals surface area contributed by atoms with E-state index >= 15 is 0 Å². The van der Waals surface area contributed by atoms with Crippen molar-refractivity contribution in [2.75, 3.05) is 40.0 Å². The van der Waals surface area contributed by atoms with Gasteiger partial charge < -0.3 is 9.64 Å². The first-order chi connectivity index (χ1) is 9.60. The highest BCUT2D eigenvalue weighted by atomic mass is 32.2. The Morgan fingerprint density at radius 2 is 2.20 bits per heavy atom. The Labute approximate surface area is 124 Å². The van der Waals surface area contributed by atoms with Crippen LogP contribution in [0, 0.1) is 0 Å². The van der Waals surface area contributed by atoms with Gasteiger partial charge in [-0.3, -0.25) is 5.32 Å². The standard InChI is InChI=1S/C15H22N2O2S/c1-17(2)10-9-16-15(14(18)19-3)8-11-20-13-7-5-4-6-12(13)15/h4-7,16H,8-11H2,1-3H3. The first-order valence-electron chi connectivity index (χ1n) is 6.80. The van der Waals surface area contributed by atoms with Gasteiger partial charge in [0.15, 0.2) is 0 Å². The predicted octanol–water partition coefficient (Wildman–Crippen LogP) is 1.70. The van der Waals surface area contributed by atoms with Gasteiger partial charge in [-0.05, 0) is 32.1 Å². The third-order valence-corrected chi connectivity index (χ3v) is 4.68. The fraction of sp³-hybridized carbons (Fsp3) is 0.533. The number of nitrogens with one attached hydrogen (secondary N) is 1. The fourth-order valence-corrected chi connectivity index (χ4v) is 3.73. The molecule has 4 nitrogen and oxygen atoms in total. The number of benzene rings is 1. The molecule has 0 amide bonds. The van der Waals surface area contributed by atoms with E-state index in [-0.39, 0.29) is 5.97 Å². The van der Waals surface area contributed by atoms with Crippen molar-refractivity contribution in [3.05, 3.63) is 29.8 Å². The molecular formula is C15H22N2O2S. The minimum atomic E-state index is -0.702. The van der Waals surface area contributed by atoms with Crippen LogP contribution in [0.4, 0.5) is 0 Å². The van der Waals surface area contributed by atoms with Crippen molar-refractivity contribution in [3.8, 4) is 0 Å². The van der Waals surface area contributed by atoms with E-state index in [0.29, 0.717) is 0 Å². The van der Waals surface area contributed by atoms with Gasteiger partial charge >= 0.3 is 5.97 Å². The molecule has 1 N–H and O–H groups in total. The monoisotopic (exact) mass is 294 g/mol. The maximum atomic E-state index is 12.4. The first kappa shape index (κ1) is 15.4. The average Bonchev–Trinajstić information content (AvgIpc) is 2.46. The van der Waals surface area contributed by atoms with Crippen LogP contribution >= 0.6 is 11.8 Å². The highest BCUT2D eigenvalue weighted by Gasteiger charge is 2.44. The van der Waals surface area contributed by atoms with Gasteiger partial charge in [-0.25, -0.2) is 4.79 Å². The number of fused-ring (bicyclic) bond motifs is 1. The maximum Gasteiger partial charge on any atom is 0.330 e. The summed E-state index contributed by atoms with van der Waals surface area (Å²) in [6.45, 7) is 1.63. The van der Waals surface area contributed by atoms with Gasteiger partial charge in [0.05, 0.1) is 7.11 Å². The molecule has 0 fully saturated rings. The summed E-state index contributed by atoms with van der Waals surface area (Å²) in [7, 11) is 5.51. The third-order valence-electron chi connectivity index (χ3n) is 3.60. The molecule has 1 unspecified atom stereocenters. The fourth-order valence-electron chi connectivity index (χ4n) is 2.53. The molecule has 0 spiro atoms. The zero-order valence-corrected chi connectivity index (χ0v) is 13.1. The van der Waals surface area contributed by atoms with Crippen LogP contribution in [-0.4, -0.2) is 50.9 Å². The highest BCUT2D eigenvalue weighted by molar-refractivity contribution is 7.99. The minimum Gasteiger partial charge on any atom is -0.467 e. The lowest BCUT2D eigenvalue weighted by molar-refractivity contribution is -0.149. The normalized spacial score (nSPS) is 21.6. The Hall–Kier alpha value is -1.04. The second-order valence-electron chi connectivity index (χ2n) is 5.22. The summed E-state index contributed by atoms with van der Waals surface area (Å²) < 4.78 is 5.08. The summed E-state index contributed by atoms with van der Waals surface area (Å²) in [5.74, 6) is 0.727. The van der Waals surface area contributed by atoms with Crippen molar-refractivity contribution in [1.29, 1.82) is 0 Å². The predicted molar refractivity (Wildman–Crippen MR) is 82.0 cm³/mol. The third kappa shape index (κ3) is 3.00. The molecule has 2 rings (SSSR count). The van der Waals surface area contributed by atoms with Crippen LogP contribution in [-0.2, 0) is 15.1 Å². The molecule has 0 saturated heterocycles. The number of hydrogen-bond donors (Lipinski definition) is 1. The molecule has 0 bridgehead atoms. The van der Waals surface area contributed by atoms with Crippen molar-refractivity contribution < 1.29 is 9.53 Å². The summed E-state index contributed by atoms with van der Waals surface area (Å²) >= 11 is 1.80. The van der Waals surface area contributed by atoms with Crippen molar-refractivity contribution >= 4 is 17.7 Å². The molecule has 5 heteroatoms. The smallest absolute Gasteiger partial charge is 0.330 e. The molecule has 0 aromatic heterocycles. The lowest BCUT2D eigenvalue weighted by Gasteiger charge is -2.37. The topological polar surface area (TPSA) is 41.6 Å². The average molecular weight is 294 g/mol. The molecule has 110 valence electrons. The first-order valence-corrected chi connectivity index (χ1v) is 7.79. The van der Waals surface area contributed by atoms with Gasteiger partial charge in [-0.1, -0.05) is 18.2 Å². The van der Waals surface area contributed by atoms with Gasteiger partial charge in [-0.15, -0.1) is 11.8 Å². The Morgan fingerprint density at radius 1 is 1.45 bits per heavy atom. The number of esters is 1. The molecule has 1 heterocycles. The van der Waals surface area contributed by atoms with Gasteiger partial charge in [0.25, 0.3) is 0 Å². The maximum absolute atomic E-state index is 12.4. The van der Waals surface area contributed by atoms with Crippen LogP contribution in [0.5, 0.6) is 0 Å². The van der Waals surface area contributed by atoms with E-state index < -0.39 is 5.54 Å². The zero-order chi connectivity index (χ0) is 14.6. The molecule has 0 aliphatic carbocycles. The van der Waals surface area contributed by atoms with E-state index in [1.807, 2.05) is 32.3 Å². The number of rotatable bonds is 5. The molecule has 1 atom stereocenters. The molecule has 0 radical (unpaired) electrons. The number of thioether (sulfide) groups is 1. The Morgan fingerprint density at radius 3 is 2.90 bits per heavy atom. The molecule has 20 heavy (non-hydrogen) atoms. The quantitative estimate of drug-likeness (QED) is 0.837. The number of nitrogens with zero attached hydrogens (tertiary/aromatic N) is 1. The molecule has 1 aliphatic heterocycles. The Kier molecular flexibility index (Phi) is 5.07. The molecule has 1 aliphatic rings. The molecule has 0 saturated carbocycles. The zero-order valence-electron chi connectivity index (χ0n) is 12.3. The number of carbonyl (C=O) groups excluding carboxylic acids is 1. The number of hydrogen-bond acceptors (Lipinski definition) is 5. The lowest BCUT2D eigenvalue weighted by atomic mass is 9.86. The van der Waals surface area contributed by atoms with E-state index in [9.17, 15) is 4.79 Å². The molecular weight excluding hydrogens is 272 g/mol. The van der Waals surface area contributed by atoms with Gasteiger partial charge in [-0.2, -0.15) is 0 Å². The van der Waals surface area contributed by atoms with E-state index in [1.165, 1.54) is 12.0 Å². The van der Waals surface area contributed by atoms with Gasteiger partial charge in [0.1, 0.15) is 5.54 Å². The van der Waals surface area contributed by atoms with Crippen LogP contribution in [0.1, 0.15) is 12.0 Å². The summed E-state index contributed by atoms with van der Waals surface area (Å²) in [4.78, 5) is 15.7. The van der Waals surface area contributed by atoms with E-state index in [0.717, 1.165) is 30.8 Å². The SMILES string of the molecule is COC(=O)C1(NCCN(C)C)CCSc2ccccc21. The van der Waals surface area contributed by atoms with E-state index in [1.54, 1.807) is 11.8 Å². The van der Waals surface area contributed by atoms with E-state index in [4.69, 9.17) is 4.74 Å². The minimum absolute atomic E-state index is 0.191. The second kappa shape index (κ2) is 6.61. The number of carbonyl (C=O) groups is 1. The van der Waals surface area contributed by atoms with Gasteiger partial charge in [0.2, 0.25) is 0 Å². The Balaban J connectivity index is 2.31. The highest BCUT2D eigenvalue weighted by Crippen LogP contribution is 2.40. The van der Waals surface area contributed by atoms with Crippen molar-refractivity contribution in [2.45, 2.75) is 16.9 Å². The second-order valence-corrected chi connectivity index (χ2v) is 6.36. The van der Waals surface area contributed by atoms with Crippen LogP contribution in [0.3, 0.4) is 0 Å². The van der Waals surface area contributed by atoms with Crippen LogP contribution in [0.25, 0.3) is 0 Å². The summed E-state index contributed by atoms with van der Waals surface area (Å²) in [5, 5.41) is 3.44. The Bertz CT molecular complexity index is 479. The van der Waals surface area contributed by atoms with Crippen molar-refractivity contribution in [3.63, 3.8) is 0 Å². The number of methoxy groups -OCH3 is 1. The summed E-state index contributed by atoms with van der Waals surface area (Å²) in [6, 6.07) is 8.10.